The van der Waals surface area contributed by atoms with Crippen molar-refractivity contribution in [3.8, 4) is 0 Å². The van der Waals surface area contributed by atoms with Crippen LogP contribution in [0.1, 0.15) is 16.8 Å². The van der Waals surface area contributed by atoms with E-state index in [4.69, 9.17) is 0 Å². The van der Waals surface area contributed by atoms with Gasteiger partial charge in [-0.15, -0.1) is 0 Å². The largest absolute Gasteiger partial charge is 0.469 e. The van der Waals surface area contributed by atoms with Crippen molar-refractivity contribution < 1.29 is 32.6 Å². The molecule has 0 N–H and O–H groups in total. The minimum Gasteiger partial charge on any atom is -0.469 e. The topological polar surface area (TPSA) is 72.9 Å². The van der Waals surface area contributed by atoms with Crippen LogP contribution in [0.25, 0.3) is 0 Å². The van der Waals surface area contributed by atoms with Crippen LogP contribution in [0, 0.1) is 11.6 Å². The highest BCUT2D eigenvalue weighted by molar-refractivity contribution is 5.96. The maximum atomic E-state index is 13.7. The molecular weight excluding hydrogens is 300 g/mol. The second-order valence-corrected chi connectivity index (χ2v) is 4.25. The second kappa shape index (κ2) is 8.06. The van der Waals surface area contributed by atoms with Crippen molar-refractivity contribution >= 4 is 17.8 Å². The second-order valence-electron chi connectivity index (χ2n) is 4.25. The summed E-state index contributed by atoms with van der Waals surface area (Å²) in [5.74, 6) is -4.07. The number of ether oxygens (including phenoxy) is 2. The smallest absolute Gasteiger partial charge is 0.325 e. The van der Waals surface area contributed by atoms with Crippen LogP contribution in [0.2, 0.25) is 0 Å². The first-order chi connectivity index (χ1) is 10.4. The molecule has 1 aromatic rings. The average molecular weight is 315 g/mol. The van der Waals surface area contributed by atoms with E-state index < -0.39 is 41.6 Å². The van der Waals surface area contributed by atoms with E-state index in [1.807, 2.05) is 0 Å². The molecule has 0 saturated carbocycles. The number of rotatable bonds is 6. The summed E-state index contributed by atoms with van der Waals surface area (Å²) in [5, 5.41) is 0. The monoisotopic (exact) mass is 315 g/mol. The van der Waals surface area contributed by atoms with Gasteiger partial charge in [0.15, 0.2) is 0 Å². The van der Waals surface area contributed by atoms with Gasteiger partial charge < -0.3 is 14.4 Å². The van der Waals surface area contributed by atoms with Gasteiger partial charge in [0.05, 0.1) is 26.2 Å². The van der Waals surface area contributed by atoms with E-state index in [1.165, 1.54) is 7.11 Å². The van der Waals surface area contributed by atoms with Gasteiger partial charge in [-0.3, -0.25) is 14.4 Å². The minimum absolute atomic E-state index is 0.169. The molecule has 1 amide bonds. The number of halogens is 2. The summed E-state index contributed by atoms with van der Waals surface area (Å²) in [6.07, 6.45) is -0.179. The van der Waals surface area contributed by atoms with Crippen LogP contribution in [-0.2, 0) is 19.1 Å². The Hall–Kier alpha value is -2.51. The summed E-state index contributed by atoms with van der Waals surface area (Å²) in [7, 11) is 2.30. The standard InChI is InChI=1S/C14H15F2NO5/c1-21-12(18)5-6-17(8-13(19)22-2)14(20)10-4-3-9(15)7-11(10)16/h3-4,7H,5-6,8H2,1-2H3. The van der Waals surface area contributed by atoms with Gasteiger partial charge >= 0.3 is 11.9 Å². The molecule has 0 saturated heterocycles. The lowest BCUT2D eigenvalue weighted by molar-refractivity contribution is -0.143. The van der Waals surface area contributed by atoms with E-state index in [2.05, 4.69) is 9.47 Å². The van der Waals surface area contributed by atoms with Gasteiger partial charge in [-0.25, -0.2) is 8.78 Å². The number of hydrogen-bond donors (Lipinski definition) is 0. The molecule has 0 heterocycles. The summed E-state index contributed by atoms with van der Waals surface area (Å²) in [6.45, 7) is -0.638. The van der Waals surface area contributed by atoms with Gasteiger partial charge in [-0.2, -0.15) is 0 Å². The highest BCUT2D eigenvalue weighted by atomic mass is 19.1. The van der Waals surface area contributed by atoms with Crippen molar-refractivity contribution in [2.45, 2.75) is 6.42 Å². The molecule has 0 atom stereocenters. The molecule has 8 heteroatoms. The Labute approximate surface area is 125 Å². The fourth-order valence-corrected chi connectivity index (χ4v) is 1.63. The van der Waals surface area contributed by atoms with Gasteiger partial charge in [-0.1, -0.05) is 0 Å². The Morgan fingerprint density at radius 1 is 1.09 bits per heavy atom. The summed E-state index contributed by atoms with van der Waals surface area (Å²) in [6, 6.07) is 2.45. The van der Waals surface area contributed by atoms with Crippen LogP contribution in [-0.4, -0.2) is 50.1 Å². The molecule has 0 bridgehead atoms. The molecule has 0 spiro atoms. The molecule has 0 aliphatic carbocycles. The predicted octanol–water partition coefficient (Wildman–Crippen LogP) is 1.14. The fraction of sp³-hybridized carbons (Fsp3) is 0.357. The maximum absolute atomic E-state index is 13.7. The zero-order chi connectivity index (χ0) is 16.7. The first-order valence-corrected chi connectivity index (χ1v) is 6.27. The molecule has 0 aliphatic rings. The number of nitrogens with zero attached hydrogens (tertiary/aromatic N) is 1. The van der Waals surface area contributed by atoms with Crippen molar-refractivity contribution in [1.82, 2.24) is 4.90 Å². The summed E-state index contributed by atoms with van der Waals surface area (Å²) >= 11 is 0. The molecule has 120 valence electrons. The molecule has 1 rings (SSSR count). The van der Waals surface area contributed by atoms with Crippen LogP contribution in [0.15, 0.2) is 18.2 Å². The van der Waals surface area contributed by atoms with E-state index in [0.29, 0.717) is 6.07 Å². The van der Waals surface area contributed by atoms with Gasteiger partial charge in [-0.05, 0) is 12.1 Å². The minimum atomic E-state index is -1.06. The third-order valence-corrected chi connectivity index (χ3v) is 2.81. The van der Waals surface area contributed by atoms with E-state index in [0.717, 1.165) is 24.1 Å². The van der Waals surface area contributed by atoms with E-state index in [9.17, 15) is 23.2 Å². The molecule has 1 aromatic carbocycles. The first-order valence-electron chi connectivity index (χ1n) is 6.27. The third kappa shape index (κ3) is 4.80. The van der Waals surface area contributed by atoms with Crippen molar-refractivity contribution in [2.75, 3.05) is 27.3 Å². The lowest BCUT2D eigenvalue weighted by Gasteiger charge is -2.21. The number of esters is 2. The third-order valence-electron chi connectivity index (χ3n) is 2.81. The van der Waals surface area contributed by atoms with E-state index >= 15 is 0 Å². The zero-order valence-corrected chi connectivity index (χ0v) is 12.1. The normalized spacial score (nSPS) is 10.0. The Bertz CT molecular complexity index is 576. The highest BCUT2D eigenvalue weighted by Crippen LogP contribution is 2.13. The Kier molecular flexibility index (Phi) is 6.43. The van der Waals surface area contributed by atoms with E-state index in [1.54, 1.807) is 0 Å². The summed E-state index contributed by atoms with van der Waals surface area (Å²) in [5.41, 5.74) is -0.407. The molecule has 0 aromatic heterocycles. The number of amides is 1. The SMILES string of the molecule is COC(=O)CCN(CC(=O)OC)C(=O)c1ccc(F)cc1F. The molecule has 0 aliphatic heterocycles. The Morgan fingerprint density at radius 2 is 1.73 bits per heavy atom. The Balaban J connectivity index is 2.95. The fourth-order valence-electron chi connectivity index (χ4n) is 1.63. The zero-order valence-electron chi connectivity index (χ0n) is 12.1. The molecule has 0 fully saturated rings. The van der Waals surface area contributed by atoms with Gasteiger partial charge in [0, 0.05) is 12.6 Å². The highest BCUT2D eigenvalue weighted by Gasteiger charge is 2.23. The lowest BCUT2D eigenvalue weighted by atomic mass is 10.1. The average Bonchev–Trinajstić information content (AvgIpc) is 2.50. The first kappa shape index (κ1) is 17.5. The number of carbonyl (C=O) groups is 3. The number of carbonyl (C=O) groups excluding carboxylic acids is 3. The van der Waals surface area contributed by atoms with Crippen LogP contribution in [0.5, 0.6) is 0 Å². The maximum Gasteiger partial charge on any atom is 0.325 e. The van der Waals surface area contributed by atoms with Gasteiger partial charge in [0.2, 0.25) is 0 Å². The molecule has 0 unspecified atom stereocenters. The van der Waals surface area contributed by atoms with E-state index in [-0.39, 0.29) is 13.0 Å². The van der Waals surface area contributed by atoms with Crippen molar-refractivity contribution in [1.29, 1.82) is 0 Å². The molecular formula is C14H15F2NO5. The van der Waals surface area contributed by atoms with Crippen LogP contribution in [0.3, 0.4) is 0 Å². The quantitative estimate of drug-likeness (QED) is 0.736. The van der Waals surface area contributed by atoms with Crippen molar-refractivity contribution in [3.05, 3.63) is 35.4 Å². The van der Waals surface area contributed by atoms with Crippen LogP contribution in [0.4, 0.5) is 8.78 Å². The number of hydrogen-bond acceptors (Lipinski definition) is 5. The predicted molar refractivity (Wildman–Crippen MR) is 70.9 cm³/mol. The molecule has 6 nitrogen and oxygen atoms in total. The summed E-state index contributed by atoms with van der Waals surface area (Å²) < 4.78 is 35.4. The molecule has 22 heavy (non-hydrogen) atoms. The lowest BCUT2D eigenvalue weighted by Crippen LogP contribution is -2.38. The molecule has 0 radical (unpaired) electrons. The van der Waals surface area contributed by atoms with Crippen LogP contribution < -0.4 is 0 Å². The van der Waals surface area contributed by atoms with Gasteiger partial charge in [0.1, 0.15) is 18.2 Å². The number of benzene rings is 1. The van der Waals surface area contributed by atoms with Gasteiger partial charge in [0.25, 0.3) is 5.91 Å². The van der Waals surface area contributed by atoms with Crippen molar-refractivity contribution in [3.63, 3.8) is 0 Å². The summed E-state index contributed by atoms with van der Waals surface area (Å²) in [4.78, 5) is 35.6. The Morgan fingerprint density at radius 3 is 2.27 bits per heavy atom. The van der Waals surface area contributed by atoms with Crippen molar-refractivity contribution in [2.24, 2.45) is 0 Å². The van der Waals surface area contributed by atoms with Crippen LogP contribution >= 0.6 is 0 Å². The number of methoxy groups -OCH3 is 2.